The van der Waals surface area contributed by atoms with Crippen LogP contribution in [0.2, 0.25) is 0 Å². The van der Waals surface area contributed by atoms with Crippen molar-refractivity contribution < 1.29 is 23.2 Å². The summed E-state index contributed by atoms with van der Waals surface area (Å²) in [5, 5.41) is 3.87. The van der Waals surface area contributed by atoms with Crippen LogP contribution in [0.5, 0.6) is 5.75 Å². The van der Waals surface area contributed by atoms with Crippen molar-refractivity contribution >= 4 is 5.97 Å². The van der Waals surface area contributed by atoms with E-state index in [0.717, 1.165) is 0 Å². The molecule has 0 bridgehead atoms. The monoisotopic (exact) mass is 342 g/mol. The minimum absolute atomic E-state index is 0.103. The smallest absolute Gasteiger partial charge is 0.341 e. The van der Waals surface area contributed by atoms with Crippen molar-refractivity contribution in [2.45, 2.75) is 13.5 Å². The first-order chi connectivity index (χ1) is 12.2. The maximum Gasteiger partial charge on any atom is 0.341 e. The lowest BCUT2D eigenvalue weighted by Crippen LogP contribution is -2.07. The average molecular weight is 342 g/mol. The maximum absolute atomic E-state index is 13.5. The summed E-state index contributed by atoms with van der Waals surface area (Å²) < 4.78 is 29.2. The van der Waals surface area contributed by atoms with Gasteiger partial charge in [0, 0.05) is 0 Å². The fourth-order valence-corrected chi connectivity index (χ4v) is 2.19. The van der Waals surface area contributed by atoms with Crippen LogP contribution in [0, 0.1) is 5.82 Å². The highest BCUT2D eigenvalue weighted by molar-refractivity contribution is 5.89. The van der Waals surface area contributed by atoms with Gasteiger partial charge in [-0.3, -0.25) is 0 Å². The Morgan fingerprint density at radius 1 is 1.16 bits per heavy atom. The van der Waals surface area contributed by atoms with E-state index in [0.29, 0.717) is 23.7 Å². The van der Waals surface area contributed by atoms with Gasteiger partial charge in [-0.2, -0.15) is 4.98 Å². The van der Waals surface area contributed by atoms with Crippen LogP contribution in [-0.4, -0.2) is 22.7 Å². The number of carbonyl (C=O) groups is 1. The molecular formula is C18H15FN2O4. The van der Waals surface area contributed by atoms with Gasteiger partial charge in [0.15, 0.2) is 6.61 Å². The van der Waals surface area contributed by atoms with Gasteiger partial charge < -0.3 is 14.0 Å². The maximum atomic E-state index is 13.5. The van der Waals surface area contributed by atoms with Crippen molar-refractivity contribution in [2.75, 3.05) is 6.61 Å². The third-order valence-electron chi connectivity index (χ3n) is 3.32. The second-order valence-corrected chi connectivity index (χ2v) is 5.00. The Kier molecular flexibility index (Phi) is 5.03. The number of nitrogens with zero attached hydrogens (tertiary/aromatic N) is 2. The molecule has 7 heteroatoms. The molecule has 128 valence electrons. The summed E-state index contributed by atoms with van der Waals surface area (Å²) in [6.07, 6.45) is 0. The first-order valence-electron chi connectivity index (χ1n) is 7.65. The molecule has 0 aliphatic heterocycles. The van der Waals surface area contributed by atoms with Gasteiger partial charge in [0.1, 0.15) is 11.6 Å². The molecule has 0 aliphatic rings. The Hall–Kier alpha value is -3.22. The van der Waals surface area contributed by atoms with E-state index in [-0.39, 0.29) is 18.1 Å². The van der Waals surface area contributed by atoms with Crippen LogP contribution in [0.3, 0.4) is 0 Å². The first-order valence-corrected chi connectivity index (χ1v) is 7.65. The lowest BCUT2D eigenvalue weighted by atomic mass is 10.2. The minimum Gasteiger partial charge on any atom is -0.493 e. The molecule has 0 spiro atoms. The highest BCUT2D eigenvalue weighted by Gasteiger charge is 2.16. The Morgan fingerprint density at radius 2 is 1.92 bits per heavy atom. The average Bonchev–Trinajstić information content (AvgIpc) is 3.10. The number of rotatable bonds is 6. The van der Waals surface area contributed by atoms with E-state index >= 15 is 0 Å². The number of hydrogen-bond donors (Lipinski definition) is 0. The normalized spacial score (nSPS) is 10.5. The zero-order valence-corrected chi connectivity index (χ0v) is 13.4. The van der Waals surface area contributed by atoms with Crippen molar-refractivity contribution in [1.29, 1.82) is 0 Å². The summed E-state index contributed by atoms with van der Waals surface area (Å²) in [5.74, 6) is -0.399. The van der Waals surface area contributed by atoms with Gasteiger partial charge in [-0.25, -0.2) is 9.18 Å². The molecule has 0 unspecified atom stereocenters. The van der Waals surface area contributed by atoms with Crippen LogP contribution in [-0.2, 0) is 11.3 Å². The van der Waals surface area contributed by atoms with Crippen LogP contribution >= 0.6 is 0 Å². The van der Waals surface area contributed by atoms with E-state index < -0.39 is 11.8 Å². The lowest BCUT2D eigenvalue weighted by molar-refractivity contribution is 0.0424. The Balaban J connectivity index is 1.70. The number of halogens is 1. The number of ether oxygens (including phenoxy) is 2. The van der Waals surface area contributed by atoms with Gasteiger partial charge in [-0.05, 0) is 31.2 Å². The highest BCUT2D eigenvalue weighted by Crippen LogP contribution is 2.27. The molecule has 0 aliphatic carbocycles. The van der Waals surface area contributed by atoms with Crippen molar-refractivity contribution in [1.82, 2.24) is 10.1 Å². The van der Waals surface area contributed by atoms with Gasteiger partial charge in [-0.15, -0.1) is 0 Å². The summed E-state index contributed by atoms with van der Waals surface area (Å²) in [6.45, 7) is 2.12. The van der Waals surface area contributed by atoms with Crippen molar-refractivity contribution in [3.63, 3.8) is 0 Å². The third kappa shape index (κ3) is 3.82. The molecule has 1 heterocycles. The number of hydrogen-bond acceptors (Lipinski definition) is 6. The van der Waals surface area contributed by atoms with E-state index in [1.165, 1.54) is 18.2 Å². The molecule has 0 amide bonds. The predicted molar refractivity (Wildman–Crippen MR) is 86.4 cm³/mol. The van der Waals surface area contributed by atoms with Crippen LogP contribution in [0.25, 0.3) is 11.4 Å². The minimum atomic E-state index is -0.799. The predicted octanol–water partition coefficient (Wildman–Crippen LogP) is 3.63. The number of benzene rings is 2. The van der Waals surface area contributed by atoms with E-state index in [4.69, 9.17) is 14.0 Å². The van der Waals surface area contributed by atoms with E-state index in [1.54, 1.807) is 18.2 Å². The van der Waals surface area contributed by atoms with Crippen molar-refractivity contribution in [3.8, 4) is 17.1 Å². The number of para-hydroxylation sites is 1. The zero-order chi connectivity index (χ0) is 17.6. The number of aromatic nitrogens is 2. The molecule has 0 radical (unpaired) electrons. The molecule has 6 nitrogen and oxygen atoms in total. The van der Waals surface area contributed by atoms with Gasteiger partial charge in [0.05, 0.1) is 17.7 Å². The third-order valence-corrected chi connectivity index (χ3v) is 3.32. The van der Waals surface area contributed by atoms with Gasteiger partial charge in [-0.1, -0.05) is 29.4 Å². The second-order valence-electron chi connectivity index (χ2n) is 5.00. The van der Waals surface area contributed by atoms with Gasteiger partial charge in [0.2, 0.25) is 5.82 Å². The number of carbonyl (C=O) groups excluding carboxylic acids is 1. The summed E-state index contributed by atoms with van der Waals surface area (Å²) in [7, 11) is 0. The summed E-state index contributed by atoms with van der Waals surface area (Å²) in [5.41, 5.74) is 0.517. The molecule has 1 aromatic heterocycles. The zero-order valence-electron chi connectivity index (χ0n) is 13.4. The highest BCUT2D eigenvalue weighted by atomic mass is 19.1. The Labute approximate surface area is 143 Å². The number of esters is 1. The van der Waals surface area contributed by atoms with Crippen molar-refractivity contribution in [3.05, 3.63) is 65.8 Å². The SMILES string of the molecule is CCOc1ccccc1-c1noc(COC(=O)c2ccccc2F)n1. The van der Waals surface area contributed by atoms with Crippen LogP contribution in [0.4, 0.5) is 4.39 Å². The molecule has 3 rings (SSSR count). The molecule has 0 atom stereocenters. The summed E-state index contributed by atoms with van der Waals surface area (Å²) in [4.78, 5) is 16.1. The standard InChI is InChI=1S/C18H15FN2O4/c1-2-23-15-10-6-4-8-13(15)17-20-16(25-21-17)11-24-18(22)12-7-3-5-9-14(12)19/h3-10H,2,11H2,1H3. The first kappa shape index (κ1) is 16.6. The van der Waals surface area contributed by atoms with E-state index in [1.807, 2.05) is 19.1 Å². The Morgan fingerprint density at radius 3 is 2.72 bits per heavy atom. The quantitative estimate of drug-likeness (QED) is 0.637. The molecule has 3 aromatic rings. The molecule has 25 heavy (non-hydrogen) atoms. The summed E-state index contributed by atoms with van der Waals surface area (Å²) >= 11 is 0. The molecule has 0 N–H and O–H groups in total. The Bertz CT molecular complexity index is 879. The van der Waals surface area contributed by atoms with E-state index in [9.17, 15) is 9.18 Å². The largest absolute Gasteiger partial charge is 0.493 e. The molecular weight excluding hydrogens is 327 g/mol. The van der Waals surface area contributed by atoms with Gasteiger partial charge >= 0.3 is 5.97 Å². The van der Waals surface area contributed by atoms with Crippen LogP contribution < -0.4 is 4.74 Å². The second kappa shape index (κ2) is 7.57. The molecule has 2 aromatic carbocycles. The van der Waals surface area contributed by atoms with E-state index in [2.05, 4.69) is 10.1 Å². The fourth-order valence-electron chi connectivity index (χ4n) is 2.19. The lowest BCUT2D eigenvalue weighted by Gasteiger charge is -2.06. The fraction of sp³-hybridized carbons (Fsp3) is 0.167. The molecule has 0 saturated carbocycles. The summed E-state index contributed by atoms with van der Waals surface area (Å²) in [6, 6.07) is 12.8. The van der Waals surface area contributed by atoms with Crippen LogP contribution in [0.15, 0.2) is 53.1 Å². The van der Waals surface area contributed by atoms with Gasteiger partial charge in [0.25, 0.3) is 5.89 Å². The molecule has 0 saturated heterocycles. The van der Waals surface area contributed by atoms with Crippen molar-refractivity contribution in [2.24, 2.45) is 0 Å². The van der Waals surface area contributed by atoms with Crippen LogP contribution in [0.1, 0.15) is 23.2 Å². The molecule has 0 fully saturated rings. The topological polar surface area (TPSA) is 74.5 Å².